The van der Waals surface area contributed by atoms with Crippen LogP contribution in [0, 0.1) is 6.92 Å². The molecule has 0 aliphatic carbocycles. The fraction of sp³-hybridized carbons (Fsp3) is 0.308. The predicted molar refractivity (Wildman–Crippen MR) is 64.9 cm³/mol. The van der Waals surface area contributed by atoms with Crippen LogP contribution < -0.4 is 0 Å². The Kier molecular flexibility index (Phi) is 3.32. The molecule has 0 unspecified atom stereocenters. The van der Waals surface area contributed by atoms with E-state index in [1.165, 1.54) is 0 Å². The lowest BCUT2D eigenvalue weighted by Crippen LogP contribution is -2.06. The lowest BCUT2D eigenvalue weighted by molar-refractivity contribution is 0.0992. The minimum absolute atomic E-state index is 0.0891. The minimum atomic E-state index is 0.0891. The smallest absolute Gasteiger partial charge is 0.169 e. The van der Waals surface area contributed by atoms with Gasteiger partial charge in [0, 0.05) is 36.6 Å². The van der Waals surface area contributed by atoms with Crippen LogP contribution in [0.4, 0.5) is 0 Å². The summed E-state index contributed by atoms with van der Waals surface area (Å²) in [5.74, 6) is 0.0891. The standard InChI is InChI=1S/C13H15N3O/c1-3-16-9-11(8-15-16)7-13(17)12-5-4-6-14-10(12)2/h4-6,8-9H,3,7H2,1-2H3. The first kappa shape index (κ1) is 11.5. The van der Waals surface area contributed by atoms with E-state index in [2.05, 4.69) is 10.1 Å². The van der Waals surface area contributed by atoms with Crippen molar-refractivity contribution in [2.45, 2.75) is 26.8 Å². The molecule has 2 aromatic rings. The van der Waals surface area contributed by atoms with Gasteiger partial charge in [-0.25, -0.2) is 0 Å². The molecule has 2 rings (SSSR count). The highest BCUT2D eigenvalue weighted by molar-refractivity contribution is 5.98. The molecule has 0 fully saturated rings. The molecule has 88 valence electrons. The monoisotopic (exact) mass is 229 g/mol. The van der Waals surface area contributed by atoms with Crippen molar-refractivity contribution < 1.29 is 4.79 Å². The summed E-state index contributed by atoms with van der Waals surface area (Å²) in [5.41, 5.74) is 2.41. The van der Waals surface area contributed by atoms with E-state index in [0.717, 1.165) is 17.8 Å². The van der Waals surface area contributed by atoms with Gasteiger partial charge in [-0.15, -0.1) is 0 Å². The highest BCUT2D eigenvalue weighted by Crippen LogP contribution is 2.09. The Balaban J connectivity index is 2.14. The summed E-state index contributed by atoms with van der Waals surface area (Å²) >= 11 is 0. The van der Waals surface area contributed by atoms with Gasteiger partial charge in [0.15, 0.2) is 5.78 Å². The molecule has 2 aromatic heterocycles. The third kappa shape index (κ3) is 2.58. The maximum Gasteiger partial charge on any atom is 0.169 e. The third-order valence-electron chi connectivity index (χ3n) is 2.68. The van der Waals surface area contributed by atoms with Crippen molar-refractivity contribution >= 4 is 5.78 Å². The number of carbonyl (C=O) groups is 1. The van der Waals surface area contributed by atoms with Gasteiger partial charge in [-0.05, 0) is 31.5 Å². The molecule has 0 saturated carbocycles. The van der Waals surface area contributed by atoms with Gasteiger partial charge in [0.2, 0.25) is 0 Å². The van der Waals surface area contributed by atoms with Crippen molar-refractivity contribution in [1.29, 1.82) is 0 Å². The molecule has 0 amide bonds. The Hall–Kier alpha value is -1.97. The van der Waals surface area contributed by atoms with Crippen LogP contribution in [0.25, 0.3) is 0 Å². The third-order valence-corrected chi connectivity index (χ3v) is 2.68. The van der Waals surface area contributed by atoms with Gasteiger partial charge < -0.3 is 0 Å². The average molecular weight is 229 g/mol. The number of hydrogen-bond donors (Lipinski definition) is 0. The normalized spacial score (nSPS) is 10.5. The minimum Gasteiger partial charge on any atom is -0.294 e. The van der Waals surface area contributed by atoms with Gasteiger partial charge in [0.05, 0.1) is 6.20 Å². The average Bonchev–Trinajstić information content (AvgIpc) is 2.77. The first-order valence-electron chi connectivity index (χ1n) is 5.67. The van der Waals surface area contributed by atoms with Crippen molar-refractivity contribution in [2.24, 2.45) is 0 Å². The van der Waals surface area contributed by atoms with Crippen molar-refractivity contribution in [3.05, 3.63) is 47.5 Å². The second-order valence-corrected chi connectivity index (χ2v) is 3.94. The topological polar surface area (TPSA) is 47.8 Å². The maximum atomic E-state index is 12.1. The van der Waals surface area contributed by atoms with E-state index in [1.807, 2.05) is 30.8 Å². The molecular weight excluding hydrogens is 214 g/mol. The van der Waals surface area contributed by atoms with Gasteiger partial charge in [-0.3, -0.25) is 14.5 Å². The first-order valence-corrected chi connectivity index (χ1v) is 5.67. The van der Waals surface area contributed by atoms with E-state index in [1.54, 1.807) is 18.5 Å². The van der Waals surface area contributed by atoms with E-state index >= 15 is 0 Å². The Morgan fingerprint density at radius 2 is 2.29 bits per heavy atom. The molecule has 0 aromatic carbocycles. The molecule has 0 spiro atoms. The van der Waals surface area contributed by atoms with Gasteiger partial charge in [0.1, 0.15) is 0 Å². The van der Waals surface area contributed by atoms with E-state index in [-0.39, 0.29) is 5.78 Å². The van der Waals surface area contributed by atoms with E-state index in [9.17, 15) is 4.79 Å². The molecule has 2 heterocycles. The molecule has 0 N–H and O–H groups in total. The Labute approximate surface area is 100 Å². The second kappa shape index (κ2) is 4.91. The summed E-state index contributed by atoms with van der Waals surface area (Å²) in [5, 5.41) is 4.15. The fourth-order valence-corrected chi connectivity index (χ4v) is 1.73. The maximum absolute atomic E-state index is 12.1. The van der Waals surface area contributed by atoms with Crippen molar-refractivity contribution in [2.75, 3.05) is 0 Å². The van der Waals surface area contributed by atoms with Crippen molar-refractivity contribution in [3.8, 4) is 0 Å². The summed E-state index contributed by atoms with van der Waals surface area (Å²) in [7, 11) is 0. The number of Topliss-reactive ketones (excluding diaryl/α,β-unsaturated/α-hetero) is 1. The lowest BCUT2D eigenvalue weighted by atomic mass is 10.0. The van der Waals surface area contributed by atoms with Gasteiger partial charge in [-0.2, -0.15) is 5.10 Å². The summed E-state index contributed by atoms with van der Waals surface area (Å²) in [6.45, 7) is 4.69. The first-order chi connectivity index (χ1) is 8.20. The Morgan fingerprint density at radius 3 is 2.94 bits per heavy atom. The summed E-state index contributed by atoms with van der Waals surface area (Å²) < 4.78 is 1.82. The molecule has 17 heavy (non-hydrogen) atoms. The van der Waals surface area contributed by atoms with Gasteiger partial charge in [0.25, 0.3) is 0 Å². The zero-order valence-corrected chi connectivity index (χ0v) is 10.1. The van der Waals surface area contributed by atoms with Crippen LogP contribution in [0.15, 0.2) is 30.7 Å². The highest BCUT2D eigenvalue weighted by atomic mass is 16.1. The van der Waals surface area contributed by atoms with E-state index in [0.29, 0.717) is 12.0 Å². The number of carbonyl (C=O) groups excluding carboxylic acids is 1. The lowest BCUT2D eigenvalue weighted by Gasteiger charge is -2.01. The molecule has 0 atom stereocenters. The highest BCUT2D eigenvalue weighted by Gasteiger charge is 2.11. The Bertz CT molecular complexity index is 531. The molecular formula is C13H15N3O. The van der Waals surface area contributed by atoms with E-state index < -0.39 is 0 Å². The number of aromatic nitrogens is 3. The Morgan fingerprint density at radius 1 is 1.47 bits per heavy atom. The van der Waals surface area contributed by atoms with Crippen LogP contribution in [0.2, 0.25) is 0 Å². The van der Waals surface area contributed by atoms with Gasteiger partial charge in [-0.1, -0.05) is 0 Å². The summed E-state index contributed by atoms with van der Waals surface area (Å²) in [4.78, 5) is 16.2. The van der Waals surface area contributed by atoms with Crippen molar-refractivity contribution in [1.82, 2.24) is 14.8 Å². The quantitative estimate of drug-likeness (QED) is 0.754. The van der Waals surface area contributed by atoms with Crippen LogP contribution in [0.3, 0.4) is 0 Å². The zero-order chi connectivity index (χ0) is 12.3. The number of rotatable bonds is 4. The number of pyridine rings is 1. The largest absolute Gasteiger partial charge is 0.294 e. The van der Waals surface area contributed by atoms with Crippen LogP contribution in [0.1, 0.15) is 28.5 Å². The number of aryl methyl sites for hydroxylation is 2. The van der Waals surface area contributed by atoms with Crippen molar-refractivity contribution in [3.63, 3.8) is 0 Å². The molecule has 0 bridgehead atoms. The molecule has 4 heteroatoms. The summed E-state index contributed by atoms with van der Waals surface area (Å²) in [6.07, 6.45) is 5.73. The summed E-state index contributed by atoms with van der Waals surface area (Å²) in [6, 6.07) is 3.60. The second-order valence-electron chi connectivity index (χ2n) is 3.94. The fourth-order valence-electron chi connectivity index (χ4n) is 1.73. The van der Waals surface area contributed by atoms with Crippen LogP contribution in [-0.2, 0) is 13.0 Å². The van der Waals surface area contributed by atoms with Crippen LogP contribution >= 0.6 is 0 Å². The van der Waals surface area contributed by atoms with Crippen LogP contribution in [-0.4, -0.2) is 20.5 Å². The number of hydrogen-bond acceptors (Lipinski definition) is 3. The molecule has 0 aliphatic heterocycles. The number of nitrogens with zero attached hydrogens (tertiary/aromatic N) is 3. The molecule has 4 nitrogen and oxygen atoms in total. The number of ketones is 1. The van der Waals surface area contributed by atoms with Gasteiger partial charge >= 0.3 is 0 Å². The predicted octanol–water partition coefficient (Wildman–Crippen LogP) is 2.03. The van der Waals surface area contributed by atoms with Crippen LogP contribution in [0.5, 0.6) is 0 Å². The molecule has 0 radical (unpaired) electrons. The SMILES string of the molecule is CCn1cc(CC(=O)c2cccnc2C)cn1. The molecule has 0 aliphatic rings. The molecule has 0 saturated heterocycles. The van der Waals surface area contributed by atoms with E-state index in [4.69, 9.17) is 0 Å². The zero-order valence-electron chi connectivity index (χ0n) is 10.1.